The normalized spacial score (nSPS) is 12.9. The number of nitrogens with zero attached hydrogens (tertiary/aromatic N) is 1. The Morgan fingerprint density at radius 2 is 0.677 bits per heavy atom. The molecule has 1 heteroatoms. The second-order valence-electron chi connectivity index (χ2n) is 16.6. The van der Waals surface area contributed by atoms with Crippen molar-refractivity contribution in [3.63, 3.8) is 0 Å². The van der Waals surface area contributed by atoms with E-state index in [0.29, 0.717) is 0 Å². The average molecular weight is 792 g/mol. The largest absolute Gasteiger partial charge is 0.311 e. The molecule has 1 nitrogen and oxygen atoms in total. The molecule has 0 saturated carbocycles. The van der Waals surface area contributed by atoms with Gasteiger partial charge in [0.05, 0.1) is 5.41 Å². The molecule has 10 aromatic carbocycles. The highest BCUT2D eigenvalue weighted by molar-refractivity contribution is 6.21. The molecule has 294 valence electrons. The van der Waals surface area contributed by atoms with E-state index in [1.807, 2.05) is 0 Å². The lowest BCUT2D eigenvalue weighted by Crippen LogP contribution is -2.29. The van der Waals surface area contributed by atoms with Gasteiger partial charge < -0.3 is 4.90 Å². The SMILES string of the molecule is Cc1ccc(N(c2ccc(C)cc2)c2ccc(-c3c4ccccc4c(-c4ccc(C5=Cc6ccccc6C5(c5ccccc5)c5ccccc5)cc4)c4ccccc34)cc2)cc1. The Hall–Kier alpha value is -7.74. The summed E-state index contributed by atoms with van der Waals surface area (Å²) in [5.41, 5.74) is 18.0. The van der Waals surface area contributed by atoms with E-state index >= 15 is 0 Å². The monoisotopic (exact) mass is 791 g/mol. The summed E-state index contributed by atoms with van der Waals surface area (Å²) in [4.78, 5) is 2.34. The van der Waals surface area contributed by atoms with Gasteiger partial charge in [-0.15, -0.1) is 0 Å². The fraction of sp³-hybridized carbons (Fsp3) is 0.0492. The van der Waals surface area contributed by atoms with E-state index in [9.17, 15) is 0 Å². The minimum absolute atomic E-state index is 0.450. The minimum atomic E-state index is -0.450. The topological polar surface area (TPSA) is 3.24 Å². The van der Waals surface area contributed by atoms with Gasteiger partial charge in [-0.2, -0.15) is 0 Å². The number of fused-ring (bicyclic) bond motifs is 3. The quantitative estimate of drug-likeness (QED) is 0.139. The van der Waals surface area contributed by atoms with Crippen molar-refractivity contribution in [3.05, 3.63) is 269 Å². The lowest BCUT2D eigenvalue weighted by Gasteiger charge is -2.36. The zero-order chi connectivity index (χ0) is 41.6. The maximum atomic E-state index is 2.41. The first-order valence-corrected chi connectivity index (χ1v) is 21.6. The van der Waals surface area contributed by atoms with E-state index in [4.69, 9.17) is 0 Å². The molecular weight excluding hydrogens is 747 g/mol. The average Bonchev–Trinajstić information content (AvgIpc) is 3.69. The molecular formula is C61H45N. The van der Waals surface area contributed by atoms with Gasteiger partial charge in [0, 0.05) is 17.1 Å². The van der Waals surface area contributed by atoms with Crippen LogP contribution in [-0.4, -0.2) is 0 Å². The second kappa shape index (κ2) is 15.4. The molecule has 0 radical (unpaired) electrons. The van der Waals surface area contributed by atoms with Crippen LogP contribution < -0.4 is 4.90 Å². The van der Waals surface area contributed by atoms with Gasteiger partial charge in [0.15, 0.2) is 0 Å². The first-order chi connectivity index (χ1) is 30.6. The molecule has 0 bridgehead atoms. The van der Waals surface area contributed by atoms with Crippen molar-refractivity contribution in [3.8, 4) is 22.3 Å². The third kappa shape index (κ3) is 6.16. The molecule has 0 aliphatic heterocycles. The maximum Gasteiger partial charge on any atom is 0.0713 e. The van der Waals surface area contributed by atoms with Crippen LogP contribution in [0.25, 0.3) is 55.4 Å². The highest BCUT2D eigenvalue weighted by Gasteiger charge is 2.45. The highest BCUT2D eigenvalue weighted by atomic mass is 15.1. The van der Waals surface area contributed by atoms with E-state index < -0.39 is 5.41 Å². The van der Waals surface area contributed by atoms with Crippen LogP contribution in [0, 0.1) is 13.8 Å². The standard InChI is InChI=1S/C61H45N/c1-42-25-35-50(36-26-42)62(51-37-27-43(2)28-38-51)52-39-33-46(34-40-52)60-55-22-12-10-20-53(55)59(54-21-11-13-23-56(54)60)45-31-29-44(30-32-45)58-41-47-15-9-14-24-57(47)61(58,48-16-5-3-6-17-48)49-18-7-4-8-19-49/h3-41H,1-2H3. The summed E-state index contributed by atoms with van der Waals surface area (Å²) in [6, 6.07) is 84.9. The Balaban J connectivity index is 1.03. The lowest BCUT2D eigenvalue weighted by atomic mass is 9.65. The molecule has 0 unspecified atom stereocenters. The van der Waals surface area contributed by atoms with Gasteiger partial charge >= 0.3 is 0 Å². The molecule has 0 saturated heterocycles. The Labute approximate surface area is 364 Å². The first kappa shape index (κ1) is 37.3. The number of hydrogen-bond donors (Lipinski definition) is 0. The molecule has 0 amide bonds. The number of anilines is 3. The molecule has 0 fully saturated rings. The third-order valence-corrected chi connectivity index (χ3v) is 12.9. The predicted octanol–water partition coefficient (Wildman–Crippen LogP) is 16.3. The number of aryl methyl sites for hydroxylation is 2. The Bertz CT molecular complexity index is 3110. The lowest BCUT2D eigenvalue weighted by molar-refractivity contribution is 0.814. The van der Waals surface area contributed by atoms with Crippen molar-refractivity contribution < 1.29 is 0 Å². The molecule has 62 heavy (non-hydrogen) atoms. The molecule has 0 spiro atoms. The van der Waals surface area contributed by atoms with Crippen LogP contribution in [0.3, 0.4) is 0 Å². The number of allylic oxidation sites excluding steroid dienone is 1. The summed E-state index contributed by atoms with van der Waals surface area (Å²) in [5, 5.41) is 4.98. The Morgan fingerprint density at radius 3 is 1.13 bits per heavy atom. The van der Waals surface area contributed by atoms with Crippen LogP contribution in [0.5, 0.6) is 0 Å². The molecule has 1 aliphatic rings. The van der Waals surface area contributed by atoms with Crippen LogP contribution in [0.4, 0.5) is 17.1 Å². The molecule has 10 aromatic rings. The summed E-state index contributed by atoms with van der Waals surface area (Å²) in [6.45, 7) is 4.28. The van der Waals surface area contributed by atoms with Crippen molar-refractivity contribution >= 4 is 50.3 Å². The van der Waals surface area contributed by atoms with Crippen LogP contribution in [0.1, 0.15) is 38.9 Å². The Morgan fingerprint density at radius 1 is 0.323 bits per heavy atom. The fourth-order valence-corrected chi connectivity index (χ4v) is 10.0. The summed E-state index contributed by atoms with van der Waals surface area (Å²) in [5.74, 6) is 0. The zero-order valence-electron chi connectivity index (χ0n) is 35.0. The summed E-state index contributed by atoms with van der Waals surface area (Å²) in [7, 11) is 0. The van der Waals surface area contributed by atoms with Gasteiger partial charge in [0.25, 0.3) is 0 Å². The van der Waals surface area contributed by atoms with E-state index in [2.05, 4.69) is 255 Å². The van der Waals surface area contributed by atoms with Crippen LogP contribution >= 0.6 is 0 Å². The Kier molecular flexibility index (Phi) is 9.24. The van der Waals surface area contributed by atoms with Gasteiger partial charge in [-0.25, -0.2) is 0 Å². The molecule has 11 rings (SSSR count). The van der Waals surface area contributed by atoms with Gasteiger partial charge in [0.2, 0.25) is 0 Å². The summed E-state index contributed by atoms with van der Waals surface area (Å²) in [6.07, 6.45) is 2.41. The zero-order valence-corrected chi connectivity index (χ0v) is 35.0. The highest BCUT2D eigenvalue weighted by Crippen LogP contribution is 2.55. The van der Waals surface area contributed by atoms with Gasteiger partial charge in [-0.1, -0.05) is 205 Å². The van der Waals surface area contributed by atoms with Crippen molar-refractivity contribution in [1.29, 1.82) is 0 Å². The van der Waals surface area contributed by atoms with Gasteiger partial charge in [-0.05, 0) is 134 Å². The smallest absolute Gasteiger partial charge is 0.0713 e. The van der Waals surface area contributed by atoms with E-state index in [0.717, 1.165) is 17.1 Å². The molecule has 0 N–H and O–H groups in total. The van der Waals surface area contributed by atoms with Crippen LogP contribution in [-0.2, 0) is 5.41 Å². The van der Waals surface area contributed by atoms with E-state index in [1.165, 1.54) is 88.3 Å². The molecule has 1 aliphatic carbocycles. The van der Waals surface area contributed by atoms with E-state index in [-0.39, 0.29) is 0 Å². The minimum Gasteiger partial charge on any atom is -0.311 e. The predicted molar refractivity (Wildman–Crippen MR) is 264 cm³/mol. The number of benzene rings is 10. The van der Waals surface area contributed by atoms with Gasteiger partial charge in [-0.3, -0.25) is 0 Å². The summed E-state index contributed by atoms with van der Waals surface area (Å²) >= 11 is 0. The van der Waals surface area contributed by atoms with Crippen molar-refractivity contribution in [2.75, 3.05) is 4.90 Å². The molecule has 0 heterocycles. The van der Waals surface area contributed by atoms with Gasteiger partial charge in [0.1, 0.15) is 0 Å². The molecule has 0 aromatic heterocycles. The fourth-order valence-electron chi connectivity index (χ4n) is 10.0. The van der Waals surface area contributed by atoms with Crippen molar-refractivity contribution in [2.24, 2.45) is 0 Å². The molecule has 0 atom stereocenters. The third-order valence-electron chi connectivity index (χ3n) is 12.9. The van der Waals surface area contributed by atoms with Crippen molar-refractivity contribution in [2.45, 2.75) is 19.3 Å². The van der Waals surface area contributed by atoms with Crippen LogP contribution in [0.2, 0.25) is 0 Å². The first-order valence-electron chi connectivity index (χ1n) is 21.6. The summed E-state index contributed by atoms with van der Waals surface area (Å²) < 4.78 is 0. The maximum absolute atomic E-state index is 2.41. The number of rotatable bonds is 8. The number of hydrogen-bond acceptors (Lipinski definition) is 1. The second-order valence-corrected chi connectivity index (χ2v) is 16.6. The van der Waals surface area contributed by atoms with E-state index in [1.54, 1.807) is 0 Å². The van der Waals surface area contributed by atoms with Crippen molar-refractivity contribution in [1.82, 2.24) is 0 Å². The van der Waals surface area contributed by atoms with Crippen LogP contribution in [0.15, 0.2) is 231 Å².